The molecule has 2 atom stereocenters. The van der Waals surface area contributed by atoms with E-state index in [1.54, 1.807) is 0 Å². The van der Waals surface area contributed by atoms with Crippen LogP contribution in [0.25, 0.3) is 22.3 Å². The molecule has 0 amide bonds. The van der Waals surface area contributed by atoms with E-state index in [1.807, 2.05) is 47.3 Å². The third-order valence-electron chi connectivity index (χ3n) is 8.48. The highest BCUT2D eigenvalue weighted by molar-refractivity contribution is 6.30. The molecule has 0 N–H and O–H groups in total. The molecule has 7 rings (SSSR count). The fourth-order valence-electron chi connectivity index (χ4n) is 6.30. The first-order valence-electron chi connectivity index (χ1n) is 14.2. The van der Waals surface area contributed by atoms with Crippen molar-refractivity contribution in [2.24, 2.45) is 10.9 Å². The average molecular weight is 550 g/mol. The number of para-hydroxylation sites is 1. The van der Waals surface area contributed by atoms with Crippen molar-refractivity contribution < 1.29 is 4.74 Å². The molecule has 0 spiro atoms. The lowest BCUT2D eigenvalue weighted by Crippen LogP contribution is -2.33. The number of piperidine rings is 1. The zero-order valence-electron chi connectivity index (χ0n) is 22.4. The van der Waals surface area contributed by atoms with Gasteiger partial charge in [0.2, 0.25) is 0 Å². The van der Waals surface area contributed by atoms with Crippen molar-refractivity contribution in [3.8, 4) is 11.4 Å². The summed E-state index contributed by atoms with van der Waals surface area (Å²) in [6.45, 7) is 3.86. The van der Waals surface area contributed by atoms with Gasteiger partial charge in [0, 0.05) is 35.3 Å². The molecule has 3 aliphatic rings. The van der Waals surface area contributed by atoms with Crippen LogP contribution in [0.3, 0.4) is 0 Å². The molecule has 202 valence electrons. The minimum absolute atomic E-state index is 0.0782. The first kappa shape index (κ1) is 25.2. The monoisotopic (exact) mass is 549 g/mol. The largest absolute Gasteiger partial charge is 0.491 e. The van der Waals surface area contributed by atoms with Gasteiger partial charge in [0.1, 0.15) is 17.9 Å². The van der Waals surface area contributed by atoms with Crippen molar-refractivity contribution in [1.82, 2.24) is 19.9 Å². The molecule has 2 unspecified atom stereocenters. The molecule has 1 aromatic heterocycles. The topological polar surface area (TPSA) is 55.5 Å². The Kier molecular flexibility index (Phi) is 6.96. The number of allylic oxidation sites excluding steroid dienone is 1. The highest BCUT2D eigenvalue weighted by Crippen LogP contribution is 2.40. The van der Waals surface area contributed by atoms with E-state index in [1.165, 1.54) is 24.0 Å². The van der Waals surface area contributed by atoms with Gasteiger partial charge in [-0.1, -0.05) is 53.2 Å². The van der Waals surface area contributed by atoms with E-state index in [4.69, 9.17) is 21.3 Å². The van der Waals surface area contributed by atoms with Gasteiger partial charge in [-0.3, -0.25) is 4.99 Å². The smallest absolute Gasteiger partial charge is 0.129 e. The van der Waals surface area contributed by atoms with Crippen LogP contribution < -0.4 is 4.74 Å². The molecule has 7 heteroatoms. The standard InChI is InChI=1S/C33H32ClN5O/c34-25-11-9-23(10-12-25)24-15-19-38(20-16-24)18-4-6-27-28-5-3-17-35-31(28)22-40-33-21-26(13-14-29(27)33)39-32-8-2-1-7-30(32)36-37-39/h1-3,5-14,17,21,24,28,31H,4,15-16,18-20,22H2. The Labute approximate surface area is 239 Å². The number of aliphatic imine (C=N–C) groups is 1. The normalized spacial score (nSPS) is 22.2. The maximum Gasteiger partial charge on any atom is 0.129 e. The van der Waals surface area contributed by atoms with Gasteiger partial charge in [-0.05, 0) is 91.9 Å². The van der Waals surface area contributed by atoms with E-state index in [0.29, 0.717) is 12.5 Å². The molecule has 4 heterocycles. The maximum atomic E-state index is 6.39. The number of likely N-dealkylation sites (tertiary alicyclic amines) is 1. The molecule has 0 aliphatic carbocycles. The van der Waals surface area contributed by atoms with Gasteiger partial charge in [0.25, 0.3) is 0 Å². The Balaban J connectivity index is 1.10. The van der Waals surface area contributed by atoms with Gasteiger partial charge in [-0.2, -0.15) is 0 Å². The van der Waals surface area contributed by atoms with E-state index in [9.17, 15) is 0 Å². The fourth-order valence-corrected chi connectivity index (χ4v) is 6.42. The Morgan fingerprint density at radius 1 is 1.00 bits per heavy atom. The van der Waals surface area contributed by atoms with Crippen molar-refractivity contribution in [2.75, 3.05) is 26.2 Å². The van der Waals surface area contributed by atoms with Gasteiger partial charge in [0.05, 0.1) is 17.2 Å². The lowest BCUT2D eigenvalue weighted by molar-refractivity contribution is 0.216. The zero-order valence-corrected chi connectivity index (χ0v) is 23.1. The summed E-state index contributed by atoms with van der Waals surface area (Å²) in [5, 5.41) is 9.55. The predicted octanol–water partition coefficient (Wildman–Crippen LogP) is 6.74. The summed E-state index contributed by atoms with van der Waals surface area (Å²) >= 11 is 6.09. The van der Waals surface area contributed by atoms with E-state index < -0.39 is 0 Å². The number of rotatable bonds is 5. The third kappa shape index (κ3) is 4.98. The number of ether oxygens (including phenoxy) is 1. The Morgan fingerprint density at radius 2 is 1.85 bits per heavy atom. The van der Waals surface area contributed by atoms with Crippen molar-refractivity contribution in [3.63, 3.8) is 0 Å². The molecule has 0 radical (unpaired) electrons. The Bertz CT molecular complexity index is 1600. The maximum absolute atomic E-state index is 6.39. The van der Waals surface area contributed by atoms with Crippen LogP contribution in [0, 0.1) is 5.92 Å². The molecule has 1 fully saturated rings. The number of halogens is 1. The molecule has 0 saturated carbocycles. The average Bonchev–Trinajstić information content (AvgIpc) is 3.37. The second-order valence-corrected chi connectivity index (χ2v) is 11.3. The van der Waals surface area contributed by atoms with Gasteiger partial charge in [-0.25, -0.2) is 4.68 Å². The molecule has 0 bridgehead atoms. The van der Waals surface area contributed by atoms with Gasteiger partial charge in [0.15, 0.2) is 0 Å². The van der Waals surface area contributed by atoms with Crippen LogP contribution in [0.1, 0.15) is 36.3 Å². The molecular formula is C33H32ClN5O. The minimum Gasteiger partial charge on any atom is -0.491 e. The van der Waals surface area contributed by atoms with Crippen molar-refractivity contribution in [1.29, 1.82) is 0 Å². The quantitative estimate of drug-likeness (QED) is 0.276. The van der Waals surface area contributed by atoms with Gasteiger partial charge >= 0.3 is 0 Å². The molecule has 6 nitrogen and oxygen atoms in total. The third-order valence-corrected chi connectivity index (χ3v) is 8.73. The van der Waals surface area contributed by atoms with Crippen molar-refractivity contribution in [3.05, 3.63) is 101 Å². The number of aromatic nitrogens is 3. The van der Waals surface area contributed by atoms with Crippen LogP contribution in [-0.2, 0) is 0 Å². The second-order valence-electron chi connectivity index (χ2n) is 10.9. The molecule has 1 saturated heterocycles. The molecule has 40 heavy (non-hydrogen) atoms. The molecule has 3 aliphatic heterocycles. The summed E-state index contributed by atoms with van der Waals surface area (Å²) in [5.74, 6) is 1.71. The summed E-state index contributed by atoms with van der Waals surface area (Å²) in [5.41, 5.74) is 6.66. The van der Waals surface area contributed by atoms with Crippen LogP contribution in [0.5, 0.6) is 5.75 Å². The number of hydrogen-bond acceptors (Lipinski definition) is 5. The summed E-state index contributed by atoms with van der Waals surface area (Å²) in [7, 11) is 0. The predicted molar refractivity (Wildman–Crippen MR) is 162 cm³/mol. The van der Waals surface area contributed by atoms with E-state index in [-0.39, 0.29) is 12.0 Å². The number of benzene rings is 3. The Morgan fingerprint density at radius 3 is 2.73 bits per heavy atom. The zero-order chi connectivity index (χ0) is 26.9. The summed E-state index contributed by atoms with van der Waals surface area (Å²) < 4.78 is 8.27. The summed E-state index contributed by atoms with van der Waals surface area (Å²) in [6, 6.07) is 22.9. The number of nitrogens with zero attached hydrogens (tertiary/aromatic N) is 5. The van der Waals surface area contributed by atoms with E-state index in [2.05, 4.69) is 63.8 Å². The van der Waals surface area contributed by atoms with Gasteiger partial charge < -0.3 is 9.64 Å². The summed E-state index contributed by atoms with van der Waals surface area (Å²) in [4.78, 5) is 7.37. The Hall–Kier alpha value is -3.74. The van der Waals surface area contributed by atoms with E-state index >= 15 is 0 Å². The van der Waals surface area contributed by atoms with Crippen molar-refractivity contribution >= 4 is 34.4 Å². The number of fused-ring (bicyclic) bond motifs is 3. The first-order valence-corrected chi connectivity index (χ1v) is 14.6. The molecule has 4 aromatic rings. The molecule has 3 aromatic carbocycles. The highest BCUT2D eigenvalue weighted by atomic mass is 35.5. The highest BCUT2D eigenvalue weighted by Gasteiger charge is 2.31. The first-order chi connectivity index (χ1) is 19.7. The fraction of sp³-hybridized carbons (Fsp3) is 0.303. The van der Waals surface area contributed by atoms with Crippen LogP contribution in [0.15, 0.2) is 90.0 Å². The van der Waals surface area contributed by atoms with Crippen LogP contribution >= 0.6 is 11.6 Å². The SMILES string of the molecule is Clc1ccc(C2CCN(CCC=C3c4ccc(-n5nnc6ccccc65)cc4OCC4N=CC=CC34)CC2)cc1. The van der Waals surface area contributed by atoms with Crippen LogP contribution in [-0.4, -0.2) is 58.4 Å². The lowest BCUT2D eigenvalue weighted by Gasteiger charge is -2.32. The van der Waals surface area contributed by atoms with Crippen LogP contribution in [0.4, 0.5) is 0 Å². The number of dihydropyridines is 1. The minimum atomic E-state index is 0.0782. The van der Waals surface area contributed by atoms with Crippen molar-refractivity contribution in [2.45, 2.75) is 31.2 Å². The van der Waals surface area contributed by atoms with Crippen LogP contribution in [0.2, 0.25) is 5.02 Å². The molecular weight excluding hydrogens is 518 g/mol. The van der Waals surface area contributed by atoms with E-state index in [0.717, 1.165) is 59.1 Å². The van der Waals surface area contributed by atoms with Gasteiger partial charge in [-0.15, -0.1) is 5.10 Å². The second kappa shape index (κ2) is 11.0. The number of hydrogen-bond donors (Lipinski definition) is 0. The summed E-state index contributed by atoms with van der Waals surface area (Å²) in [6.07, 6.45) is 12.0. The lowest BCUT2D eigenvalue weighted by atomic mass is 9.85.